The van der Waals surface area contributed by atoms with E-state index in [-0.39, 0.29) is 24.1 Å². The topological polar surface area (TPSA) is 77.0 Å². The molecule has 0 radical (unpaired) electrons. The van der Waals surface area contributed by atoms with Crippen molar-refractivity contribution in [2.45, 2.75) is 33.4 Å². The molecule has 6 rings (SSSR count). The number of pyridine rings is 1. The molecule has 1 fully saturated rings. The number of hydrogen-bond acceptors (Lipinski definition) is 8. The molecule has 2 aromatic heterocycles. The lowest BCUT2D eigenvalue weighted by molar-refractivity contribution is -0.127. The molecule has 11 heteroatoms. The smallest absolute Gasteiger partial charge is 0.246 e. The summed E-state index contributed by atoms with van der Waals surface area (Å²) in [7, 11) is 0. The van der Waals surface area contributed by atoms with Gasteiger partial charge in [0.15, 0.2) is 0 Å². The van der Waals surface area contributed by atoms with E-state index in [0.29, 0.717) is 43.7 Å². The number of aromatic nitrogens is 2. The first-order chi connectivity index (χ1) is 23.9. The first-order valence-electron chi connectivity index (χ1n) is 16.3. The number of hydrogen-bond donors (Lipinski definition) is 0. The Morgan fingerprint density at radius 2 is 1.58 bits per heavy atom. The van der Waals surface area contributed by atoms with E-state index in [1.165, 1.54) is 23.3 Å². The van der Waals surface area contributed by atoms with Crippen LogP contribution in [0.3, 0.4) is 0 Å². The predicted octanol–water partition coefficient (Wildman–Crippen LogP) is 8.07. The van der Waals surface area contributed by atoms with Crippen molar-refractivity contribution in [3.63, 3.8) is 0 Å². The maximum Gasteiger partial charge on any atom is 0.246 e. The molecule has 0 spiro atoms. The summed E-state index contributed by atoms with van der Waals surface area (Å²) in [5, 5.41) is 0. The van der Waals surface area contributed by atoms with Gasteiger partial charge >= 0.3 is 0 Å². The number of carbonyl (C=O) groups excluding carboxylic acids is 1. The fraction of sp³-hybridized carbons (Fsp3) is 0.256. The molecule has 0 saturated carbocycles. The van der Waals surface area contributed by atoms with Gasteiger partial charge < -0.3 is 19.1 Å². The number of thiazole rings is 1. The van der Waals surface area contributed by atoms with Crippen molar-refractivity contribution >= 4 is 35.7 Å². The second-order valence-electron chi connectivity index (χ2n) is 12.0. The summed E-state index contributed by atoms with van der Waals surface area (Å²) in [4.78, 5) is 26.8. The normalized spacial score (nSPS) is 13.2. The molecular formula is C39H40ClFN4O4S. The van der Waals surface area contributed by atoms with Crippen molar-refractivity contribution in [2.75, 3.05) is 32.8 Å². The third-order valence-electron chi connectivity index (χ3n) is 8.27. The highest BCUT2D eigenvalue weighted by molar-refractivity contribution is 7.09. The molecule has 1 saturated heterocycles. The molecule has 3 aromatic carbocycles. The minimum atomic E-state index is -0.268. The number of carbonyl (C=O) groups is 1. The van der Waals surface area contributed by atoms with Crippen LogP contribution in [0.2, 0.25) is 0 Å². The van der Waals surface area contributed by atoms with Gasteiger partial charge in [0.2, 0.25) is 11.8 Å². The SMILES string of the molecule is Cc1cc(/C=C/C(=O)N2CCN(Cc3ccc(CCOc4ccc(F)cc4)cc3)CC2)cc(C)c1Oc1ccc(OCc2cncs2)cn1.Cl. The molecule has 1 aliphatic heterocycles. The van der Waals surface area contributed by atoms with E-state index in [1.54, 1.807) is 53.5 Å². The van der Waals surface area contributed by atoms with Crippen LogP contribution >= 0.6 is 23.7 Å². The van der Waals surface area contributed by atoms with Crippen molar-refractivity contribution in [3.8, 4) is 23.1 Å². The van der Waals surface area contributed by atoms with Crippen LogP contribution in [-0.2, 0) is 24.4 Å². The summed E-state index contributed by atoms with van der Waals surface area (Å²) in [6.45, 7) is 8.84. The van der Waals surface area contributed by atoms with Crippen molar-refractivity contribution in [2.24, 2.45) is 0 Å². The minimum absolute atomic E-state index is 0. The fourth-order valence-electron chi connectivity index (χ4n) is 5.61. The van der Waals surface area contributed by atoms with Gasteiger partial charge in [0.1, 0.15) is 29.7 Å². The Morgan fingerprint density at radius 3 is 2.24 bits per heavy atom. The van der Waals surface area contributed by atoms with Crippen LogP contribution in [0.25, 0.3) is 6.08 Å². The third kappa shape index (κ3) is 10.4. The molecule has 260 valence electrons. The molecule has 1 aliphatic rings. The number of nitrogens with zero attached hydrogens (tertiary/aromatic N) is 4. The molecule has 1 amide bonds. The van der Waals surface area contributed by atoms with Crippen LogP contribution < -0.4 is 14.2 Å². The first-order valence-corrected chi connectivity index (χ1v) is 17.2. The van der Waals surface area contributed by atoms with E-state index in [1.807, 2.05) is 43.0 Å². The Kier molecular flexibility index (Phi) is 13.0. The van der Waals surface area contributed by atoms with Crippen molar-refractivity contribution in [1.29, 1.82) is 0 Å². The van der Waals surface area contributed by atoms with E-state index >= 15 is 0 Å². The zero-order chi connectivity index (χ0) is 34.0. The van der Waals surface area contributed by atoms with Gasteiger partial charge in [-0.3, -0.25) is 14.7 Å². The van der Waals surface area contributed by atoms with Crippen LogP contribution in [0.5, 0.6) is 23.1 Å². The van der Waals surface area contributed by atoms with Crippen LogP contribution in [0, 0.1) is 19.7 Å². The van der Waals surface area contributed by atoms with Gasteiger partial charge in [0.25, 0.3) is 0 Å². The van der Waals surface area contributed by atoms with Gasteiger partial charge in [0, 0.05) is 57.5 Å². The molecule has 0 unspecified atom stereocenters. The van der Waals surface area contributed by atoms with E-state index in [4.69, 9.17) is 14.2 Å². The maximum atomic E-state index is 13.1. The highest BCUT2D eigenvalue weighted by Gasteiger charge is 2.20. The van der Waals surface area contributed by atoms with Gasteiger partial charge in [-0.15, -0.1) is 23.7 Å². The van der Waals surface area contributed by atoms with Crippen LogP contribution in [0.1, 0.15) is 32.7 Å². The molecule has 0 N–H and O–H groups in total. The van der Waals surface area contributed by atoms with E-state index in [9.17, 15) is 9.18 Å². The van der Waals surface area contributed by atoms with Gasteiger partial charge in [-0.2, -0.15) is 0 Å². The average molecular weight is 715 g/mol. The summed E-state index contributed by atoms with van der Waals surface area (Å²) in [6, 6.07) is 22.3. The lowest BCUT2D eigenvalue weighted by Gasteiger charge is -2.34. The number of aryl methyl sites for hydroxylation is 2. The van der Waals surface area contributed by atoms with Crippen molar-refractivity contribution in [3.05, 3.63) is 135 Å². The van der Waals surface area contributed by atoms with Crippen LogP contribution in [0.15, 0.2) is 96.8 Å². The predicted molar refractivity (Wildman–Crippen MR) is 197 cm³/mol. The number of piperazine rings is 1. The lowest BCUT2D eigenvalue weighted by Crippen LogP contribution is -2.47. The molecule has 0 bridgehead atoms. The Morgan fingerprint density at radius 1 is 0.880 bits per heavy atom. The van der Waals surface area contributed by atoms with Gasteiger partial charge in [-0.05, 0) is 90.2 Å². The Bertz CT molecular complexity index is 1820. The number of halogens is 2. The van der Waals surface area contributed by atoms with Crippen molar-refractivity contribution in [1.82, 2.24) is 19.8 Å². The Hall–Kier alpha value is -4.77. The maximum absolute atomic E-state index is 13.1. The summed E-state index contributed by atoms with van der Waals surface area (Å²) < 4.78 is 30.7. The monoisotopic (exact) mass is 714 g/mol. The molecular weight excluding hydrogens is 675 g/mol. The Labute approximate surface area is 302 Å². The van der Waals surface area contributed by atoms with E-state index < -0.39 is 0 Å². The number of rotatable bonds is 13. The van der Waals surface area contributed by atoms with Crippen molar-refractivity contribution < 1.29 is 23.4 Å². The summed E-state index contributed by atoms with van der Waals surface area (Å²) >= 11 is 1.55. The number of ether oxygens (including phenoxy) is 3. The standard InChI is InChI=1S/C39H39FN4O4S.ClH/c1-28-21-32(22-29(2)39(28)48-37-13-12-35(23-42-37)47-26-36-24-41-27-49-36)7-14-38(45)44-18-16-43(17-19-44)25-31-5-3-30(4-6-31)15-20-46-34-10-8-33(40)9-11-34;/h3-14,21-24,27H,15-20,25-26H2,1-2H3;1H/b14-7+;. The molecule has 8 nitrogen and oxygen atoms in total. The summed E-state index contributed by atoms with van der Waals surface area (Å²) in [5.41, 5.74) is 7.07. The quantitative estimate of drug-likeness (QED) is 0.114. The summed E-state index contributed by atoms with van der Waals surface area (Å²) in [6.07, 6.45) is 7.76. The number of benzene rings is 3. The highest BCUT2D eigenvalue weighted by Crippen LogP contribution is 2.30. The minimum Gasteiger partial charge on any atom is -0.493 e. The molecule has 0 aliphatic carbocycles. The third-order valence-corrected chi connectivity index (χ3v) is 9.02. The molecule has 0 atom stereocenters. The highest BCUT2D eigenvalue weighted by atomic mass is 35.5. The zero-order valence-electron chi connectivity index (χ0n) is 28.1. The second kappa shape index (κ2) is 17.8. The van der Waals surface area contributed by atoms with Gasteiger partial charge in [-0.1, -0.05) is 24.3 Å². The average Bonchev–Trinajstić information content (AvgIpc) is 3.64. The summed E-state index contributed by atoms with van der Waals surface area (Å²) in [5.74, 6) is 2.31. The Balaban J connectivity index is 0.00000486. The zero-order valence-corrected chi connectivity index (χ0v) is 29.7. The lowest BCUT2D eigenvalue weighted by atomic mass is 10.1. The van der Waals surface area contributed by atoms with E-state index in [2.05, 4.69) is 39.1 Å². The van der Waals surface area contributed by atoms with Crippen LogP contribution in [0.4, 0.5) is 4.39 Å². The largest absolute Gasteiger partial charge is 0.493 e. The second-order valence-corrected chi connectivity index (χ2v) is 12.9. The molecule has 5 aromatic rings. The van der Waals surface area contributed by atoms with Crippen LogP contribution in [-0.4, -0.2) is 58.5 Å². The first kappa shape index (κ1) is 36.5. The van der Waals surface area contributed by atoms with Gasteiger partial charge in [0.05, 0.1) is 23.2 Å². The number of amides is 1. The molecule has 50 heavy (non-hydrogen) atoms. The van der Waals surface area contributed by atoms with E-state index in [0.717, 1.165) is 53.4 Å². The molecule has 3 heterocycles. The van der Waals surface area contributed by atoms with Gasteiger partial charge in [-0.25, -0.2) is 9.37 Å². The fourth-order valence-corrected chi connectivity index (χ4v) is 6.12.